The van der Waals surface area contributed by atoms with Crippen molar-refractivity contribution in [2.24, 2.45) is 10.4 Å². The number of aliphatic imine (C=N–C) groups is 1. The molecule has 1 heteroatoms. The van der Waals surface area contributed by atoms with Gasteiger partial charge in [0.15, 0.2) is 0 Å². The van der Waals surface area contributed by atoms with Crippen LogP contribution in [0.3, 0.4) is 0 Å². The van der Waals surface area contributed by atoms with E-state index in [9.17, 15) is 0 Å². The average Bonchev–Trinajstić information content (AvgIpc) is 2.01. The van der Waals surface area contributed by atoms with E-state index in [0.717, 1.165) is 6.42 Å². The molecule has 1 atom stereocenters. The molecule has 0 spiro atoms. The monoisotopic (exact) mass is 181 g/mol. The Morgan fingerprint density at radius 1 is 1.38 bits per heavy atom. The van der Waals surface area contributed by atoms with Crippen LogP contribution < -0.4 is 0 Å². The van der Waals surface area contributed by atoms with E-state index in [1.807, 2.05) is 6.92 Å². The molecular weight excluding hydrogens is 158 g/mol. The van der Waals surface area contributed by atoms with Gasteiger partial charge in [0.25, 0.3) is 0 Å². The van der Waals surface area contributed by atoms with Gasteiger partial charge in [0.1, 0.15) is 0 Å². The number of rotatable bonds is 3. The number of hydrogen-bond acceptors (Lipinski definition) is 1. The van der Waals surface area contributed by atoms with E-state index in [1.165, 1.54) is 5.71 Å². The molecule has 0 rings (SSSR count). The van der Waals surface area contributed by atoms with Crippen molar-refractivity contribution in [3.05, 3.63) is 12.2 Å². The van der Waals surface area contributed by atoms with Crippen LogP contribution in [0.25, 0.3) is 0 Å². The Kier molecular flexibility index (Phi) is 4.97. The Balaban J connectivity index is 4.70. The molecule has 0 N–H and O–H groups in total. The van der Waals surface area contributed by atoms with Crippen molar-refractivity contribution >= 4 is 5.71 Å². The van der Waals surface area contributed by atoms with E-state index in [0.29, 0.717) is 6.04 Å². The summed E-state index contributed by atoms with van der Waals surface area (Å²) in [4.78, 5) is 4.69. The highest BCUT2D eigenvalue weighted by Gasteiger charge is 2.16. The zero-order valence-corrected chi connectivity index (χ0v) is 9.89. The third-order valence-corrected chi connectivity index (χ3v) is 2.04. The predicted octanol–water partition coefficient (Wildman–Crippen LogP) is 3.85. The van der Waals surface area contributed by atoms with Gasteiger partial charge in [-0.25, -0.2) is 0 Å². The van der Waals surface area contributed by atoms with Crippen molar-refractivity contribution in [2.45, 2.75) is 54.0 Å². The summed E-state index contributed by atoms with van der Waals surface area (Å²) in [6, 6.07) is 0.436. The molecule has 0 aromatic rings. The second kappa shape index (κ2) is 5.21. The lowest BCUT2D eigenvalue weighted by atomic mass is 9.89. The van der Waals surface area contributed by atoms with Gasteiger partial charge in [-0.2, -0.15) is 0 Å². The lowest BCUT2D eigenvalue weighted by Gasteiger charge is -2.20. The second-order valence-corrected chi connectivity index (χ2v) is 4.52. The van der Waals surface area contributed by atoms with Crippen LogP contribution in [0, 0.1) is 5.41 Å². The molecule has 0 aromatic carbocycles. The van der Waals surface area contributed by atoms with E-state index in [-0.39, 0.29) is 5.41 Å². The van der Waals surface area contributed by atoms with Gasteiger partial charge in [-0.1, -0.05) is 33.8 Å². The van der Waals surface area contributed by atoms with Gasteiger partial charge in [-0.3, -0.25) is 4.99 Å². The first-order valence-electron chi connectivity index (χ1n) is 5.12. The minimum Gasteiger partial charge on any atom is -0.286 e. The van der Waals surface area contributed by atoms with Crippen LogP contribution in [0.4, 0.5) is 0 Å². The molecule has 0 aromatic heterocycles. The van der Waals surface area contributed by atoms with Gasteiger partial charge >= 0.3 is 0 Å². The zero-order valence-electron chi connectivity index (χ0n) is 9.89. The molecule has 0 saturated carbocycles. The first kappa shape index (κ1) is 12.4. The largest absolute Gasteiger partial charge is 0.286 e. The van der Waals surface area contributed by atoms with Gasteiger partial charge in [0.2, 0.25) is 0 Å². The van der Waals surface area contributed by atoms with Gasteiger partial charge in [0, 0.05) is 17.2 Å². The fourth-order valence-corrected chi connectivity index (χ4v) is 0.973. The van der Waals surface area contributed by atoms with E-state index in [1.54, 1.807) is 0 Å². The van der Waals surface area contributed by atoms with Gasteiger partial charge in [-0.15, -0.1) is 0 Å². The molecule has 0 radical (unpaired) electrons. The Morgan fingerprint density at radius 2 is 1.92 bits per heavy atom. The minimum absolute atomic E-state index is 0.163. The van der Waals surface area contributed by atoms with E-state index in [4.69, 9.17) is 0 Å². The summed E-state index contributed by atoms with van der Waals surface area (Å²) in [7, 11) is 0. The third-order valence-electron chi connectivity index (χ3n) is 2.04. The van der Waals surface area contributed by atoms with Crippen molar-refractivity contribution in [1.82, 2.24) is 0 Å². The molecule has 0 saturated heterocycles. The maximum Gasteiger partial charge on any atom is 0.0472 e. The van der Waals surface area contributed by atoms with Crippen molar-refractivity contribution in [2.75, 3.05) is 0 Å². The molecule has 1 unspecified atom stereocenters. The maximum absolute atomic E-state index is 4.69. The van der Waals surface area contributed by atoms with Crippen LogP contribution in [0.2, 0.25) is 0 Å². The van der Waals surface area contributed by atoms with E-state index < -0.39 is 0 Å². The van der Waals surface area contributed by atoms with Crippen molar-refractivity contribution in [3.63, 3.8) is 0 Å². The minimum atomic E-state index is 0.163. The molecule has 0 aliphatic rings. The summed E-state index contributed by atoms with van der Waals surface area (Å²) < 4.78 is 0. The highest BCUT2D eigenvalue weighted by Crippen LogP contribution is 2.18. The van der Waals surface area contributed by atoms with E-state index >= 15 is 0 Å². The molecule has 0 fully saturated rings. The fourth-order valence-electron chi connectivity index (χ4n) is 0.973. The first-order valence-corrected chi connectivity index (χ1v) is 5.12. The molecule has 76 valence electrons. The molecule has 0 bridgehead atoms. The van der Waals surface area contributed by atoms with Crippen molar-refractivity contribution in [3.8, 4) is 0 Å². The number of allylic oxidation sites excluding steroid dienone is 2. The summed E-state index contributed by atoms with van der Waals surface area (Å²) in [5, 5.41) is 0. The molecule has 0 aliphatic carbocycles. The maximum atomic E-state index is 4.69. The quantitative estimate of drug-likeness (QED) is 0.586. The first-order chi connectivity index (χ1) is 5.91. The Bertz CT molecular complexity index is 194. The van der Waals surface area contributed by atoms with Crippen LogP contribution in [0.1, 0.15) is 48.0 Å². The molecule has 13 heavy (non-hydrogen) atoms. The summed E-state index contributed by atoms with van der Waals surface area (Å²) in [5.41, 5.74) is 1.36. The smallest absolute Gasteiger partial charge is 0.0472 e. The molecular formula is C12H23N. The Morgan fingerprint density at radius 3 is 2.23 bits per heavy atom. The van der Waals surface area contributed by atoms with Gasteiger partial charge < -0.3 is 0 Å². The lowest BCUT2D eigenvalue weighted by Crippen LogP contribution is -2.20. The topological polar surface area (TPSA) is 12.4 Å². The highest BCUT2D eigenvalue weighted by molar-refractivity contribution is 5.99. The van der Waals surface area contributed by atoms with Crippen LogP contribution in [-0.2, 0) is 0 Å². The van der Waals surface area contributed by atoms with Crippen LogP contribution in [0.5, 0.6) is 0 Å². The van der Waals surface area contributed by atoms with Crippen LogP contribution in [-0.4, -0.2) is 11.8 Å². The summed E-state index contributed by atoms with van der Waals surface area (Å²) in [5.74, 6) is 0. The van der Waals surface area contributed by atoms with Gasteiger partial charge in [-0.05, 0) is 26.3 Å². The summed E-state index contributed by atoms with van der Waals surface area (Å²) >= 11 is 0. The summed E-state index contributed by atoms with van der Waals surface area (Å²) in [6.45, 7) is 13.0. The normalized spacial score (nSPS) is 16.6. The molecule has 1 nitrogen and oxygen atoms in total. The third kappa shape index (κ3) is 4.87. The Hall–Kier alpha value is -0.590. The van der Waals surface area contributed by atoms with Crippen LogP contribution >= 0.6 is 0 Å². The lowest BCUT2D eigenvalue weighted by molar-refractivity contribution is 0.581. The van der Waals surface area contributed by atoms with E-state index in [2.05, 4.69) is 51.8 Å². The Labute approximate surface area is 83.0 Å². The van der Waals surface area contributed by atoms with Crippen molar-refractivity contribution < 1.29 is 0 Å². The number of nitrogens with zero attached hydrogens (tertiary/aromatic N) is 1. The molecule has 0 aliphatic heterocycles. The van der Waals surface area contributed by atoms with Gasteiger partial charge in [0.05, 0.1) is 0 Å². The summed E-state index contributed by atoms with van der Waals surface area (Å²) in [6.07, 6.45) is 5.29. The van der Waals surface area contributed by atoms with Crippen LogP contribution in [0.15, 0.2) is 17.1 Å². The van der Waals surface area contributed by atoms with Crippen molar-refractivity contribution in [1.29, 1.82) is 0 Å². The molecule has 0 heterocycles. The SMILES string of the molecule is CC=CC(=NC(C)CC)C(C)(C)C. The number of hydrogen-bond donors (Lipinski definition) is 0. The second-order valence-electron chi connectivity index (χ2n) is 4.52. The zero-order chi connectivity index (χ0) is 10.5. The highest BCUT2D eigenvalue weighted by atomic mass is 14.8. The standard InChI is InChI=1S/C12H23N/c1-7-9-11(12(4,5)6)13-10(3)8-2/h7,9-10H,8H2,1-6H3. The fraction of sp³-hybridized carbons (Fsp3) is 0.750. The molecule has 0 amide bonds. The predicted molar refractivity (Wildman–Crippen MR) is 61.5 cm³/mol. The average molecular weight is 181 g/mol.